The van der Waals surface area contributed by atoms with Gasteiger partial charge in [0, 0.05) is 18.5 Å². The van der Waals surface area contributed by atoms with E-state index >= 15 is 0 Å². The number of hydrogen-bond acceptors (Lipinski definition) is 3. The van der Waals surface area contributed by atoms with Crippen molar-refractivity contribution in [3.05, 3.63) is 64.7 Å². The molecule has 0 fully saturated rings. The minimum atomic E-state index is 0.249. The fourth-order valence-corrected chi connectivity index (χ4v) is 3.43. The van der Waals surface area contributed by atoms with E-state index in [4.69, 9.17) is 4.74 Å². The van der Waals surface area contributed by atoms with Gasteiger partial charge in [0.2, 0.25) is 0 Å². The van der Waals surface area contributed by atoms with Crippen LogP contribution in [0.3, 0.4) is 0 Å². The summed E-state index contributed by atoms with van der Waals surface area (Å²) >= 11 is 0. The molecule has 0 saturated carbocycles. The van der Waals surface area contributed by atoms with Crippen molar-refractivity contribution in [1.82, 2.24) is 4.90 Å². The van der Waals surface area contributed by atoms with Gasteiger partial charge in [-0.3, -0.25) is 4.79 Å². The molecule has 1 aliphatic rings. The van der Waals surface area contributed by atoms with E-state index in [1.165, 1.54) is 11.1 Å². The SMILES string of the molecule is CN(C)Cc1ccccc1C(=O)CCCc1ccc2c(c1)CCCO2. The Kier molecular flexibility index (Phi) is 5.87. The molecular weight excluding hydrogens is 310 g/mol. The zero-order valence-electron chi connectivity index (χ0n) is 15.3. The molecule has 0 aromatic heterocycles. The summed E-state index contributed by atoms with van der Waals surface area (Å²) in [4.78, 5) is 14.7. The predicted octanol–water partition coefficient (Wildman–Crippen LogP) is 4.28. The molecule has 1 heterocycles. The second-order valence-corrected chi connectivity index (χ2v) is 7.07. The van der Waals surface area contributed by atoms with E-state index in [1.807, 2.05) is 32.3 Å². The molecule has 0 unspecified atom stereocenters. The zero-order chi connectivity index (χ0) is 17.6. The smallest absolute Gasteiger partial charge is 0.163 e. The maximum atomic E-state index is 12.6. The summed E-state index contributed by atoms with van der Waals surface area (Å²) in [5, 5.41) is 0. The van der Waals surface area contributed by atoms with E-state index in [0.29, 0.717) is 6.42 Å². The third kappa shape index (κ3) is 4.70. The van der Waals surface area contributed by atoms with Crippen LogP contribution in [0.4, 0.5) is 0 Å². The average Bonchev–Trinajstić information content (AvgIpc) is 2.61. The Balaban J connectivity index is 1.58. The molecular formula is C22H27NO2. The van der Waals surface area contributed by atoms with Gasteiger partial charge >= 0.3 is 0 Å². The largest absolute Gasteiger partial charge is 0.493 e. The average molecular weight is 337 g/mol. The first-order chi connectivity index (χ1) is 12.1. The highest BCUT2D eigenvalue weighted by atomic mass is 16.5. The summed E-state index contributed by atoms with van der Waals surface area (Å²) in [6, 6.07) is 14.4. The van der Waals surface area contributed by atoms with E-state index in [2.05, 4.69) is 29.2 Å². The molecule has 25 heavy (non-hydrogen) atoms. The third-order valence-electron chi connectivity index (χ3n) is 4.65. The third-order valence-corrected chi connectivity index (χ3v) is 4.65. The van der Waals surface area contributed by atoms with Crippen LogP contribution in [0.25, 0.3) is 0 Å². The minimum absolute atomic E-state index is 0.249. The lowest BCUT2D eigenvalue weighted by Gasteiger charge is -2.18. The van der Waals surface area contributed by atoms with Crippen LogP contribution in [0, 0.1) is 0 Å². The molecule has 3 rings (SSSR count). The highest BCUT2D eigenvalue weighted by molar-refractivity contribution is 5.97. The van der Waals surface area contributed by atoms with E-state index in [1.54, 1.807) is 0 Å². The first-order valence-electron chi connectivity index (χ1n) is 9.14. The molecule has 0 aliphatic carbocycles. The van der Waals surface area contributed by atoms with E-state index in [9.17, 15) is 4.79 Å². The van der Waals surface area contributed by atoms with Gasteiger partial charge in [-0.05, 0) is 62.5 Å². The number of hydrogen-bond donors (Lipinski definition) is 0. The topological polar surface area (TPSA) is 29.5 Å². The highest BCUT2D eigenvalue weighted by Crippen LogP contribution is 2.26. The molecule has 132 valence electrons. The molecule has 0 bridgehead atoms. The second-order valence-electron chi connectivity index (χ2n) is 7.07. The van der Waals surface area contributed by atoms with Crippen LogP contribution in [0.2, 0.25) is 0 Å². The van der Waals surface area contributed by atoms with Gasteiger partial charge in [-0.2, -0.15) is 0 Å². The molecule has 1 aliphatic heterocycles. The molecule has 0 spiro atoms. The maximum Gasteiger partial charge on any atom is 0.163 e. The Hall–Kier alpha value is -2.13. The summed E-state index contributed by atoms with van der Waals surface area (Å²) in [5.74, 6) is 1.28. The number of rotatable bonds is 7. The van der Waals surface area contributed by atoms with Crippen LogP contribution in [-0.2, 0) is 19.4 Å². The maximum absolute atomic E-state index is 12.6. The Labute approximate surface area is 150 Å². The monoisotopic (exact) mass is 337 g/mol. The lowest BCUT2D eigenvalue weighted by Crippen LogP contribution is -2.14. The lowest BCUT2D eigenvalue weighted by atomic mass is 9.97. The first kappa shape index (κ1) is 17.7. The highest BCUT2D eigenvalue weighted by Gasteiger charge is 2.13. The summed E-state index contributed by atoms with van der Waals surface area (Å²) < 4.78 is 5.67. The fraction of sp³-hybridized carbons (Fsp3) is 0.409. The normalized spacial score (nSPS) is 13.4. The molecule has 0 radical (unpaired) electrons. The zero-order valence-corrected chi connectivity index (χ0v) is 15.3. The molecule has 0 N–H and O–H groups in total. The summed E-state index contributed by atoms with van der Waals surface area (Å²) in [6.07, 6.45) is 4.61. The van der Waals surface area contributed by atoms with Gasteiger partial charge in [-0.15, -0.1) is 0 Å². The van der Waals surface area contributed by atoms with Gasteiger partial charge in [0.1, 0.15) is 5.75 Å². The number of nitrogens with zero attached hydrogens (tertiary/aromatic N) is 1. The number of benzene rings is 2. The van der Waals surface area contributed by atoms with Gasteiger partial charge in [0.25, 0.3) is 0 Å². The molecule has 0 amide bonds. The molecule has 0 atom stereocenters. The van der Waals surface area contributed by atoms with Crippen molar-refractivity contribution < 1.29 is 9.53 Å². The van der Waals surface area contributed by atoms with Crippen molar-refractivity contribution in [3.63, 3.8) is 0 Å². The van der Waals surface area contributed by atoms with Gasteiger partial charge in [-0.25, -0.2) is 0 Å². The second kappa shape index (κ2) is 8.30. The van der Waals surface area contributed by atoms with Crippen molar-refractivity contribution in [3.8, 4) is 5.75 Å². The quantitative estimate of drug-likeness (QED) is 0.706. The lowest BCUT2D eigenvalue weighted by molar-refractivity contribution is 0.0978. The Bertz CT molecular complexity index is 737. The molecule has 3 heteroatoms. The van der Waals surface area contributed by atoms with E-state index in [-0.39, 0.29) is 5.78 Å². The van der Waals surface area contributed by atoms with Crippen molar-refractivity contribution in [2.24, 2.45) is 0 Å². The van der Waals surface area contributed by atoms with E-state index < -0.39 is 0 Å². The van der Waals surface area contributed by atoms with Crippen LogP contribution in [0.1, 0.15) is 46.3 Å². The van der Waals surface area contributed by atoms with Gasteiger partial charge < -0.3 is 9.64 Å². The standard InChI is InChI=1S/C22H27NO2/c1-23(2)16-19-8-3-4-10-20(19)21(24)11-5-7-17-12-13-22-18(15-17)9-6-14-25-22/h3-4,8,10,12-13,15H,5-7,9,11,14,16H2,1-2H3. The number of Topliss-reactive ketones (excluding diaryl/α,β-unsaturated/α-hetero) is 1. The molecule has 0 saturated heterocycles. The number of carbonyl (C=O) groups excluding carboxylic acids is 1. The molecule has 2 aromatic carbocycles. The van der Waals surface area contributed by atoms with Crippen molar-refractivity contribution >= 4 is 5.78 Å². The number of ether oxygens (including phenoxy) is 1. The Morgan fingerprint density at radius 1 is 1.16 bits per heavy atom. The summed E-state index contributed by atoms with van der Waals surface area (Å²) in [5.41, 5.74) is 4.60. The number of carbonyl (C=O) groups is 1. The van der Waals surface area contributed by atoms with Crippen LogP contribution in [0.5, 0.6) is 5.75 Å². The number of fused-ring (bicyclic) bond motifs is 1. The van der Waals surface area contributed by atoms with Crippen LogP contribution in [-0.4, -0.2) is 31.4 Å². The minimum Gasteiger partial charge on any atom is -0.493 e. The van der Waals surface area contributed by atoms with Gasteiger partial charge in [0.15, 0.2) is 5.78 Å². The van der Waals surface area contributed by atoms with Crippen molar-refractivity contribution in [2.45, 2.75) is 38.6 Å². The molecule has 2 aromatic rings. The Morgan fingerprint density at radius 3 is 2.84 bits per heavy atom. The Morgan fingerprint density at radius 2 is 2.00 bits per heavy atom. The van der Waals surface area contributed by atoms with Crippen LogP contribution >= 0.6 is 0 Å². The molecule has 3 nitrogen and oxygen atoms in total. The summed E-state index contributed by atoms with van der Waals surface area (Å²) in [7, 11) is 4.06. The van der Waals surface area contributed by atoms with Crippen LogP contribution in [0.15, 0.2) is 42.5 Å². The van der Waals surface area contributed by atoms with Gasteiger partial charge in [-0.1, -0.05) is 36.4 Å². The first-order valence-corrected chi connectivity index (χ1v) is 9.14. The van der Waals surface area contributed by atoms with Crippen molar-refractivity contribution in [1.29, 1.82) is 0 Å². The van der Waals surface area contributed by atoms with Gasteiger partial charge in [0.05, 0.1) is 6.61 Å². The fourth-order valence-electron chi connectivity index (χ4n) is 3.43. The summed E-state index contributed by atoms with van der Waals surface area (Å²) in [6.45, 7) is 1.62. The number of ketones is 1. The van der Waals surface area contributed by atoms with Crippen LogP contribution < -0.4 is 4.74 Å². The van der Waals surface area contributed by atoms with Crippen molar-refractivity contribution in [2.75, 3.05) is 20.7 Å². The number of aryl methyl sites for hydroxylation is 2. The van der Waals surface area contributed by atoms with E-state index in [0.717, 1.165) is 55.7 Å². The predicted molar refractivity (Wildman–Crippen MR) is 101 cm³/mol.